The number of aryl methyl sites for hydroxylation is 1. The quantitative estimate of drug-likeness (QED) is 0.155. The van der Waals surface area contributed by atoms with E-state index in [-0.39, 0.29) is 35.5 Å². The zero-order valence-electron chi connectivity index (χ0n) is 26.4. The second-order valence-corrected chi connectivity index (χ2v) is 14.6. The Morgan fingerprint density at radius 2 is 1.54 bits per heavy atom. The van der Waals surface area contributed by atoms with Crippen LogP contribution in [0.15, 0.2) is 106 Å². The van der Waals surface area contributed by atoms with Crippen molar-refractivity contribution in [1.29, 1.82) is 0 Å². The van der Waals surface area contributed by atoms with E-state index < -0.39 is 28.5 Å². The van der Waals surface area contributed by atoms with Crippen molar-refractivity contribution in [2.24, 2.45) is 0 Å². The van der Waals surface area contributed by atoms with Crippen LogP contribution in [0.4, 0.5) is 5.69 Å². The van der Waals surface area contributed by atoms with Crippen molar-refractivity contribution in [3.05, 3.63) is 129 Å². The smallest absolute Gasteiger partial charge is 0.264 e. The van der Waals surface area contributed by atoms with Crippen LogP contribution in [0.25, 0.3) is 0 Å². The Hall–Kier alpha value is -3.66. The maximum Gasteiger partial charge on any atom is 0.264 e. The normalized spacial score (nSPS) is 12.7. The molecule has 0 radical (unpaired) electrons. The molecule has 7 nitrogen and oxygen atoms in total. The Balaban J connectivity index is 1.84. The lowest BCUT2D eigenvalue weighted by Crippen LogP contribution is -2.54. The number of carbonyl (C=O) groups is 2. The van der Waals surface area contributed by atoms with Gasteiger partial charge in [0, 0.05) is 28.5 Å². The number of hydrogen-bond acceptors (Lipinski definition) is 4. The Morgan fingerprint density at radius 1 is 0.891 bits per heavy atom. The van der Waals surface area contributed by atoms with Crippen molar-refractivity contribution in [2.75, 3.05) is 10.8 Å². The maximum absolute atomic E-state index is 14.6. The SMILES string of the molecule is CC[C@@H](C)NC(=O)[C@@H](Cc1ccccc1)N(Cc1cccc(Br)c1)C(=O)CN(c1cccc(Cl)c1C)S(=O)(=O)c1ccc(C)cc1. The van der Waals surface area contributed by atoms with Gasteiger partial charge in [0.1, 0.15) is 12.6 Å². The number of anilines is 1. The summed E-state index contributed by atoms with van der Waals surface area (Å²) in [5.74, 6) is -0.844. The van der Waals surface area contributed by atoms with Crippen LogP contribution in [0.3, 0.4) is 0 Å². The number of hydrogen-bond donors (Lipinski definition) is 1. The molecule has 0 aliphatic carbocycles. The summed E-state index contributed by atoms with van der Waals surface area (Å²) >= 11 is 9.98. The Morgan fingerprint density at radius 3 is 2.20 bits per heavy atom. The first-order chi connectivity index (χ1) is 21.9. The third-order valence-corrected chi connectivity index (χ3v) is 10.6. The molecular formula is C36H39BrClN3O4S. The zero-order valence-corrected chi connectivity index (χ0v) is 29.6. The Bertz CT molecular complexity index is 1770. The fraction of sp³-hybridized carbons (Fsp3) is 0.278. The van der Waals surface area contributed by atoms with Gasteiger partial charge in [-0.3, -0.25) is 13.9 Å². The molecule has 10 heteroatoms. The summed E-state index contributed by atoms with van der Waals surface area (Å²) < 4.78 is 30.5. The van der Waals surface area contributed by atoms with Gasteiger partial charge in [0.05, 0.1) is 10.6 Å². The van der Waals surface area contributed by atoms with Crippen LogP contribution in [-0.2, 0) is 32.6 Å². The topological polar surface area (TPSA) is 86.8 Å². The Kier molecular flexibility index (Phi) is 12.1. The first-order valence-corrected chi connectivity index (χ1v) is 17.7. The number of rotatable bonds is 13. The van der Waals surface area contributed by atoms with Crippen molar-refractivity contribution < 1.29 is 18.0 Å². The van der Waals surface area contributed by atoms with Crippen molar-refractivity contribution in [3.8, 4) is 0 Å². The average molecular weight is 725 g/mol. The summed E-state index contributed by atoms with van der Waals surface area (Å²) in [5.41, 5.74) is 3.35. The van der Waals surface area contributed by atoms with Gasteiger partial charge in [-0.2, -0.15) is 0 Å². The molecule has 0 saturated heterocycles. The van der Waals surface area contributed by atoms with E-state index in [0.29, 0.717) is 17.0 Å². The first-order valence-electron chi connectivity index (χ1n) is 15.1. The van der Waals surface area contributed by atoms with Gasteiger partial charge in [0.2, 0.25) is 11.8 Å². The first kappa shape index (κ1) is 35.2. The van der Waals surface area contributed by atoms with E-state index in [9.17, 15) is 18.0 Å². The largest absolute Gasteiger partial charge is 0.352 e. The molecule has 0 aromatic heterocycles. The fourth-order valence-corrected chi connectivity index (χ4v) is 7.13. The number of sulfonamides is 1. The number of nitrogens with one attached hydrogen (secondary N) is 1. The highest BCUT2D eigenvalue weighted by Gasteiger charge is 2.35. The van der Waals surface area contributed by atoms with Crippen molar-refractivity contribution in [2.45, 2.75) is 64.1 Å². The molecule has 0 fully saturated rings. The molecule has 0 unspecified atom stereocenters. The van der Waals surface area contributed by atoms with Gasteiger partial charge in [-0.1, -0.05) is 101 Å². The molecule has 242 valence electrons. The van der Waals surface area contributed by atoms with Crippen molar-refractivity contribution in [3.63, 3.8) is 0 Å². The molecular weight excluding hydrogens is 686 g/mol. The van der Waals surface area contributed by atoms with Crippen molar-refractivity contribution in [1.82, 2.24) is 10.2 Å². The molecule has 4 rings (SSSR count). The molecule has 2 amide bonds. The van der Waals surface area contributed by atoms with Gasteiger partial charge in [-0.15, -0.1) is 0 Å². The summed E-state index contributed by atoms with van der Waals surface area (Å²) in [6, 6.07) is 27.4. The highest BCUT2D eigenvalue weighted by atomic mass is 79.9. The van der Waals surface area contributed by atoms with Crippen LogP contribution in [-0.4, -0.2) is 43.8 Å². The highest BCUT2D eigenvalue weighted by molar-refractivity contribution is 9.10. The molecule has 0 heterocycles. The van der Waals surface area contributed by atoms with Gasteiger partial charge in [-0.25, -0.2) is 8.42 Å². The number of halogens is 2. The molecule has 0 bridgehead atoms. The van der Waals surface area contributed by atoms with Crippen LogP contribution in [0, 0.1) is 13.8 Å². The monoisotopic (exact) mass is 723 g/mol. The number of nitrogens with zero attached hydrogens (tertiary/aromatic N) is 2. The van der Waals surface area contributed by atoms with Gasteiger partial charge < -0.3 is 10.2 Å². The second kappa shape index (κ2) is 15.8. The van der Waals surface area contributed by atoms with Gasteiger partial charge >= 0.3 is 0 Å². The molecule has 0 saturated carbocycles. The van der Waals surface area contributed by atoms with E-state index in [2.05, 4.69) is 21.2 Å². The second-order valence-electron chi connectivity index (χ2n) is 11.4. The molecule has 46 heavy (non-hydrogen) atoms. The third-order valence-electron chi connectivity index (χ3n) is 7.91. The lowest BCUT2D eigenvalue weighted by molar-refractivity contribution is -0.140. The minimum atomic E-state index is -4.23. The lowest BCUT2D eigenvalue weighted by Gasteiger charge is -2.34. The lowest BCUT2D eigenvalue weighted by atomic mass is 10.0. The average Bonchev–Trinajstić information content (AvgIpc) is 3.03. The minimum absolute atomic E-state index is 0.0409. The van der Waals surface area contributed by atoms with Gasteiger partial charge in [0.25, 0.3) is 10.0 Å². The highest BCUT2D eigenvalue weighted by Crippen LogP contribution is 2.31. The van der Waals surface area contributed by atoms with E-state index in [1.807, 2.05) is 75.4 Å². The standard InChI is InChI=1S/C36H39BrClN3O4S/c1-5-26(3)39-36(43)34(22-28-11-7-6-8-12-28)40(23-29-13-9-14-30(37)21-29)35(42)24-41(33-16-10-15-32(38)27(33)4)46(44,45)31-19-17-25(2)18-20-31/h6-21,26,34H,5,22-24H2,1-4H3,(H,39,43)/t26-,34-/m1/s1. The zero-order chi connectivity index (χ0) is 33.4. The number of amides is 2. The third kappa shape index (κ3) is 8.78. The predicted molar refractivity (Wildman–Crippen MR) is 188 cm³/mol. The molecule has 4 aromatic carbocycles. The Labute approximate surface area is 285 Å². The van der Waals surface area contributed by atoms with E-state index in [1.54, 1.807) is 37.3 Å². The molecule has 1 N–H and O–H groups in total. The van der Waals surface area contributed by atoms with E-state index in [4.69, 9.17) is 11.6 Å². The fourth-order valence-electron chi connectivity index (χ4n) is 5.04. The summed E-state index contributed by atoms with van der Waals surface area (Å²) in [5, 5.41) is 3.42. The summed E-state index contributed by atoms with van der Waals surface area (Å²) in [7, 11) is -4.23. The van der Waals surface area contributed by atoms with Crippen LogP contribution >= 0.6 is 27.5 Å². The maximum atomic E-state index is 14.6. The van der Waals surface area contributed by atoms with E-state index in [0.717, 1.165) is 25.5 Å². The number of benzene rings is 4. The van der Waals surface area contributed by atoms with Crippen LogP contribution in [0.5, 0.6) is 0 Å². The van der Waals surface area contributed by atoms with Gasteiger partial charge in [-0.05, 0) is 80.3 Å². The summed E-state index contributed by atoms with van der Waals surface area (Å²) in [6.07, 6.45) is 0.948. The van der Waals surface area contributed by atoms with Crippen LogP contribution < -0.4 is 9.62 Å². The molecule has 2 atom stereocenters. The predicted octanol–water partition coefficient (Wildman–Crippen LogP) is 7.47. The van der Waals surface area contributed by atoms with Crippen LogP contribution in [0.1, 0.15) is 42.5 Å². The minimum Gasteiger partial charge on any atom is -0.352 e. The van der Waals surface area contributed by atoms with E-state index >= 15 is 0 Å². The molecule has 0 aliphatic rings. The molecule has 0 spiro atoms. The van der Waals surface area contributed by atoms with E-state index in [1.165, 1.54) is 17.0 Å². The summed E-state index contributed by atoms with van der Waals surface area (Å²) in [4.78, 5) is 30.1. The molecule has 4 aromatic rings. The van der Waals surface area contributed by atoms with Crippen molar-refractivity contribution >= 4 is 55.1 Å². The molecule has 0 aliphatic heterocycles. The number of carbonyl (C=O) groups excluding carboxylic acids is 2. The summed E-state index contributed by atoms with van der Waals surface area (Å²) in [6.45, 7) is 7.01. The van der Waals surface area contributed by atoms with Crippen LogP contribution in [0.2, 0.25) is 5.02 Å². The van der Waals surface area contributed by atoms with Gasteiger partial charge in [0.15, 0.2) is 0 Å².